The van der Waals surface area contributed by atoms with E-state index in [1.807, 2.05) is 0 Å². The zero-order chi connectivity index (χ0) is 16.0. The van der Waals surface area contributed by atoms with E-state index in [0.29, 0.717) is 21.7 Å². The second-order valence-electron chi connectivity index (χ2n) is 8.13. The SMILES string of the molecule is Nc1cccc(Cl)c1C(=O)NCCC12CC3CC(CC(C3)C1)C2. The molecule has 0 aromatic heterocycles. The monoisotopic (exact) mass is 332 g/mol. The standard InChI is InChI=1S/C19H25ClN2O/c20-15-2-1-3-16(21)17(15)18(23)22-5-4-19-9-12-6-13(10-19)8-14(7-12)11-19/h1-3,12-14H,4-11,21H2,(H,22,23). The molecular formula is C19H25ClN2O. The molecule has 23 heavy (non-hydrogen) atoms. The molecule has 0 saturated heterocycles. The number of nitrogen functional groups attached to an aromatic ring is 1. The van der Waals surface area contributed by atoms with Crippen LogP contribution in [-0.2, 0) is 0 Å². The van der Waals surface area contributed by atoms with Crippen molar-refractivity contribution in [1.29, 1.82) is 0 Å². The van der Waals surface area contributed by atoms with Gasteiger partial charge in [0.1, 0.15) is 0 Å². The van der Waals surface area contributed by atoms with Gasteiger partial charge in [0.15, 0.2) is 0 Å². The van der Waals surface area contributed by atoms with Crippen LogP contribution in [0.25, 0.3) is 0 Å². The van der Waals surface area contributed by atoms with E-state index in [-0.39, 0.29) is 5.91 Å². The van der Waals surface area contributed by atoms with Crippen LogP contribution in [0.2, 0.25) is 5.02 Å². The third-order valence-corrected chi connectivity index (χ3v) is 6.69. The fourth-order valence-electron chi connectivity index (χ4n) is 5.91. The van der Waals surface area contributed by atoms with Crippen LogP contribution in [0.4, 0.5) is 5.69 Å². The molecule has 4 aliphatic carbocycles. The van der Waals surface area contributed by atoms with Gasteiger partial charge in [-0.05, 0) is 80.2 Å². The van der Waals surface area contributed by atoms with Gasteiger partial charge in [0.25, 0.3) is 5.91 Å². The maximum atomic E-state index is 12.4. The Morgan fingerprint density at radius 1 is 1.17 bits per heavy atom. The van der Waals surface area contributed by atoms with Gasteiger partial charge in [0.2, 0.25) is 0 Å². The normalized spacial score (nSPS) is 34.6. The van der Waals surface area contributed by atoms with Crippen LogP contribution in [0.5, 0.6) is 0 Å². The van der Waals surface area contributed by atoms with Crippen LogP contribution in [0.1, 0.15) is 55.3 Å². The first-order valence-corrected chi connectivity index (χ1v) is 9.25. The van der Waals surface area contributed by atoms with Gasteiger partial charge in [0, 0.05) is 12.2 Å². The van der Waals surface area contributed by atoms with Crippen molar-refractivity contribution in [1.82, 2.24) is 5.32 Å². The molecule has 5 rings (SSSR count). The Morgan fingerprint density at radius 3 is 2.35 bits per heavy atom. The average molecular weight is 333 g/mol. The van der Waals surface area contributed by atoms with E-state index >= 15 is 0 Å². The number of rotatable bonds is 4. The van der Waals surface area contributed by atoms with E-state index < -0.39 is 0 Å². The minimum atomic E-state index is -0.141. The first-order chi connectivity index (χ1) is 11.0. The molecular weight excluding hydrogens is 308 g/mol. The Morgan fingerprint density at radius 2 is 1.78 bits per heavy atom. The number of benzene rings is 1. The van der Waals surface area contributed by atoms with Crippen molar-refractivity contribution >= 4 is 23.2 Å². The fraction of sp³-hybridized carbons (Fsp3) is 0.632. The predicted octanol–water partition coefficient (Wildman–Crippen LogP) is 4.26. The summed E-state index contributed by atoms with van der Waals surface area (Å²) < 4.78 is 0. The number of halogens is 1. The number of amides is 1. The highest BCUT2D eigenvalue weighted by Gasteiger charge is 2.50. The van der Waals surface area contributed by atoms with Crippen molar-refractivity contribution in [2.24, 2.45) is 23.2 Å². The molecule has 0 radical (unpaired) electrons. The van der Waals surface area contributed by atoms with Crippen LogP contribution in [-0.4, -0.2) is 12.5 Å². The van der Waals surface area contributed by atoms with Gasteiger partial charge >= 0.3 is 0 Å². The van der Waals surface area contributed by atoms with E-state index in [1.54, 1.807) is 18.2 Å². The first kappa shape index (κ1) is 15.3. The van der Waals surface area contributed by atoms with Crippen molar-refractivity contribution in [3.05, 3.63) is 28.8 Å². The molecule has 1 amide bonds. The van der Waals surface area contributed by atoms with Crippen LogP contribution < -0.4 is 11.1 Å². The lowest BCUT2D eigenvalue weighted by Crippen LogP contribution is -2.47. The lowest BCUT2D eigenvalue weighted by atomic mass is 9.49. The van der Waals surface area contributed by atoms with Gasteiger partial charge < -0.3 is 11.1 Å². The van der Waals surface area contributed by atoms with Crippen molar-refractivity contribution in [2.45, 2.75) is 44.9 Å². The van der Waals surface area contributed by atoms with Gasteiger partial charge in [-0.15, -0.1) is 0 Å². The van der Waals surface area contributed by atoms with E-state index in [1.165, 1.54) is 38.5 Å². The van der Waals surface area contributed by atoms with Gasteiger partial charge in [-0.3, -0.25) is 4.79 Å². The number of carbonyl (C=O) groups excluding carboxylic acids is 1. The molecule has 0 unspecified atom stereocenters. The summed E-state index contributed by atoms with van der Waals surface area (Å²) in [5, 5.41) is 3.48. The highest BCUT2D eigenvalue weighted by atomic mass is 35.5. The fourth-order valence-corrected chi connectivity index (χ4v) is 6.17. The summed E-state index contributed by atoms with van der Waals surface area (Å²) in [6.07, 6.45) is 9.62. The topological polar surface area (TPSA) is 55.1 Å². The Hall–Kier alpha value is -1.22. The Balaban J connectivity index is 1.38. The molecule has 3 nitrogen and oxygen atoms in total. The maximum absolute atomic E-state index is 12.4. The summed E-state index contributed by atoms with van der Waals surface area (Å²) in [7, 11) is 0. The third kappa shape index (κ3) is 2.84. The smallest absolute Gasteiger partial charge is 0.254 e. The molecule has 4 aliphatic rings. The van der Waals surface area contributed by atoms with E-state index in [2.05, 4.69) is 5.32 Å². The summed E-state index contributed by atoms with van der Waals surface area (Å²) in [4.78, 5) is 12.4. The molecule has 1 aromatic carbocycles. The van der Waals surface area contributed by atoms with Gasteiger partial charge in [-0.1, -0.05) is 17.7 Å². The second-order valence-corrected chi connectivity index (χ2v) is 8.53. The molecule has 4 heteroatoms. The molecule has 4 bridgehead atoms. The molecule has 0 atom stereocenters. The van der Waals surface area contributed by atoms with Crippen molar-refractivity contribution in [3.8, 4) is 0 Å². The number of hydrogen-bond acceptors (Lipinski definition) is 2. The average Bonchev–Trinajstić information content (AvgIpc) is 2.45. The number of carbonyl (C=O) groups is 1. The zero-order valence-electron chi connectivity index (χ0n) is 13.5. The zero-order valence-corrected chi connectivity index (χ0v) is 14.2. The Kier molecular flexibility index (Phi) is 3.79. The largest absolute Gasteiger partial charge is 0.398 e. The number of nitrogens with one attached hydrogen (secondary N) is 1. The molecule has 3 N–H and O–H groups in total. The van der Waals surface area contributed by atoms with Crippen molar-refractivity contribution < 1.29 is 4.79 Å². The van der Waals surface area contributed by atoms with Gasteiger partial charge in [0.05, 0.1) is 10.6 Å². The molecule has 4 saturated carbocycles. The number of anilines is 1. The van der Waals surface area contributed by atoms with E-state index in [0.717, 1.165) is 30.7 Å². The molecule has 124 valence electrons. The van der Waals surface area contributed by atoms with Crippen LogP contribution in [0.15, 0.2) is 18.2 Å². The van der Waals surface area contributed by atoms with E-state index in [4.69, 9.17) is 17.3 Å². The van der Waals surface area contributed by atoms with Gasteiger partial charge in [-0.2, -0.15) is 0 Å². The van der Waals surface area contributed by atoms with Crippen molar-refractivity contribution in [2.75, 3.05) is 12.3 Å². The van der Waals surface area contributed by atoms with Crippen molar-refractivity contribution in [3.63, 3.8) is 0 Å². The summed E-state index contributed by atoms with van der Waals surface area (Å²) in [6, 6.07) is 5.20. The highest BCUT2D eigenvalue weighted by molar-refractivity contribution is 6.34. The quantitative estimate of drug-likeness (QED) is 0.809. The Bertz CT molecular complexity index is 572. The molecule has 0 heterocycles. The van der Waals surface area contributed by atoms with Crippen LogP contribution >= 0.6 is 11.6 Å². The maximum Gasteiger partial charge on any atom is 0.254 e. The summed E-state index contributed by atoms with van der Waals surface area (Å²) in [5.74, 6) is 2.72. The minimum absolute atomic E-state index is 0.141. The van der Waals surface area contributed by atoms with E-state index in [9.17, 15) is 4.79 Å². The minimum Gasteiger partial charge on any atom is -0.398 e. The molecule has 0 spiro atoms. The summed E-state index contributed by atoms with van der Waals surface area (Å²) in [6.45, 7) is 0.732. The number of hydrogen-bond donors (Lipinski definition) is 2. The summed E-state index contributed by atoms with van der Waals surface area (Å²) in [5.41, 5.74) is 7.25. The molecule has 1 aromatic rings. The van der Waals surface area contributed by atoms with Crippen LogP contribution in [0.3, 0.4) is 0 Å². The Labute approximate surface area is 143 Å². The molecule has 4 fully saturated rings. The third-order valence-electron chi connectivity index (χ3n) is 6.38. The molecule has 0 aliphatic heterocycles. The predicted molar refractivity (Wildman–Crippen MR) is 93.4 cm³/mol. The summed E-state index contributed by atoms with van der Waals surface area (Å²) >= 11 is 6.12. The lowest BCUT2D eigenvalue weighted by molar-refractivity contribution is -0.0564. The number of nitrogens with two attached hydrogens (primary N) is 1. The first-order valence-electron chi connectivity index (χ1n) is 8.87. The highest BCUT2D eigenvalue weighted by Crippen LogP contribution is 2.61. The van der Waals surface area contributed by atoms with Gasteiger partial charge in [-0.25, -0.2) is 0 Å². The second kappa shape index (κ2) is 5.70. The lowest BCUT2D eigenvalue weighted by Gasteiger charge is -2.57. The van der Waals surface area contributed by atoms with Crippen LogP contribution in [0, 0.1) is 23.2 Å².